The number of allylic oxidation sites excluding steroid dienone is 7. The predicted molar refractivity (Wildman–Crippen MR) is 130 cm³/mol. The van der Waals surface area contributed by atoms with E-state index < -0.39 is 6.10 Å². The topological polar surface area (TPSA) is 109 Å². The van der Waals surface area contributed by atoms with Crippen molar-refractivity contribution in [1.82, 2.24) is 5.01 Å². The highest BCUT2D eigenvalue weighted by molar-refractivity contribution is 9.11. The van der Waals surface area contributed by atoms with Crippen molar-refractivity contribution in [2.24, 2.45) is 17.5 Å². The minimum Gasteiger partial charge on any atom is -0.464 e. The van der Waals surface area contributed by atoms with E-state index in [1.54, 1.807) is 29.4 Å². The fourth-order valence-corrected chi connectivity index (χ4v) is 3.07. The first-order valence-corrected chi connectivity index (χ1v) is 11.1. The molecule has 0 aromatic rings. The van der Waals surface area contributed by atoms with E-state index >= 15 is 0 Å². The lowest BCUT2D eigenvalue weighted by Crippen LogP contribution is -2.26. The smallest absolute Gasteiger partial charge is 0.142 e. The number of aliphatic hydroxyl groups excluding tert-OH is 1. The molecule has 0 spiro atoms. The molecule has 166 valence electrons. The number of halogens is 1. The van der Waals surface area contributed by atoms with E-state index in [1.807, 2.05) is 24.3 Å². The Morgan fingerprint density at radius 3 is 2.94 bits per heavy atom. The van der Waals surface area contributed by atoms with E-state index in [-0.39, 0.29) is 0 Å². The normalized spacial score (nSPS) is 21.3. The summed E-state index contributed by atoms with van der Waals surface area (Å²) in [4.78, 5) is 0. The van der Waals surface area contributed by atoms with Gasteiger partial charge in [-0.15, -0.1) is 5.73 Å². The Hall–Kier alpha value is -2.57. The second kappa shape index (κ2) is 13.7. The molecule has 0 aromatic carbocycles. The number of hydrazine groups is 1. The van der Waals surface area contributed by atoms with Crippen molar-refractivity contribution in [3.8, 4) is 0 Å². The van der Waals surface area contributed by atoms with Gasteiger partial charge in [-0.2, -0.15) is 0 Å². The van der Waals surface area contributed by atoms with Gasteiger partial charge < -0.3 is 26.0 Å². The van der Waals surface area contributed by atoms with Crippen LogP contribution in [0.25, 0.3) is 0 Å². The molecular weight excluding hydrogens is 456 g/mol. The molecular formula is C24H31BrN4O2. The van der Waals surface area contributed by atoms with Gasteiger partial charge in [0.1, 0.15) is 5.76 Å². The van der Waals surface area contributed by atoms with Crippen LogP contribution in [0.2, 0.25) is 0 Å². The molecule has 0 amide bonds. The first-order chi connectivity index (χ1) is 15.0. The van der Waals surface area contributed by atoms with Crippen molar-refractivity contribution in [1.29, 1.82) is 5.41 Å². The van der Waals surface area contributed by atoms with Crippen LogP contribution in [-0.4, -0.2) is 29.0 Å². The predicted octanol–water partition coefficient (Wildman–Crippen LogP) is 4.45. The van der Waals surface area contributed by atoms with Crippen molar-refractivity contribution < 1.29 is 9.84 Å². The van der Waals surface area contributed by atoms with Crippen LogP contribution >= 0.6 is 15.9 Å². The number of rotatable bonds is 12. The number of hydrogen-bond donors (Lipinski definition) is 4. The molecule has 6 N–H and O–H groups in total. The third kappa shape index (κ3) is 9.40. The molecule has 31 heavy (non-hydrogen) atoms. The molecule has 6 nitrogen and oxygen atoms in total. The molecule has 0 aromatic heterocycles. The maximum atomic E-state index is 10.9. The van der Waals surface area contributed by atoms with E-state index in [2.05, 4.69) is 21.7 Å². The SMILES string of the molecule is N=CCC/C(=C/OC(=C/C=C/N(N)CC1CC1)/C(Br)=C/N)C(O)/C1=C/C=C=C/C=C\C1. The van der Waals surface area contributed by atoms with E-state index in [9.17, 15) is 5.11 Å². The Bertz CT molecular complexity index is 857. The summed E-state index contributed by atoms with van der Waals surface area (Å²) in [5.41, 5.74) is 10.2. The summed E-state index contributed by atoms with van der Waals surface area (Å²) in [5, 5.41) is 20.0. The molecule has 2 aliphatic rings. The third-order valence-electron chi connectivity index (χ3n) is 4.77. The molecule has 0 radical (unpaired) electrons. The first-order valence-electron chi connectivity index (χ1n) is 10.3. The summed E-state index contributed by atoms with van der Waals surface area (Å²) in [6.45, 7) is 0.835. The molecule has 1 fully saturated rings. The molecule has 2 aliphatic carbocycles. The molecule has 1 atom stereocenters. The van der Waals surface area contributed by atoms with Gasteiger partial charge in [-0.05, 0) is 95.6 Å². The third-order valence-corrected chi connectivity index (χ3v) is 5.42. The van der Waals surface area contributed by atoms with E-state index in [0.717, 1.165) is 12.1 Å². The van der Waals surface area contributed by atoms with Crippen LogP contribution in [0.4, 0.5) is 0 Å². The van der Waals surface area contributed by atoms with Gasteiger partial charge in [0, 0.05) is 18.9 Å². The maximum absolute atomic E-state index is 10.9. The molecule has 1 unspecified atom stereocenters. The van der Waals surface area contributed by atoms with Crippen molar-refractivity contribution in [2.75, 3.05) is 6.54 Å². The second-order valence-corrected chi connectivity index (χ2v) is 8.21. The van der Waals surface area contributed by atoms with Gasteiger partial charge in [-0.25, -0.2) is 5.84 Å². The number of nitrogens with two attached hydrogens (primary N) is 2. The highest BCUT2D eigenvalue weighted by atomic mass is 79.9. The minimum absolute atomic E-state index is 0.479. The van der Waals surface area contributed by atoms with Gasteiger partial charge >= 0.3 is 0 Å². The lowest BCUT2D eigenvalue weighted by Gasteiger charge is -2.18. The molecule has 0 bridgehead atoms. The Kier molecular flexibility index (Phi) is 10.9. The van der Waals surface area contributed by atoms with Crippen LogP contribution < -0.4 is 11.6 Å². The molecule has 0 heterocycles. The largest absolute Gasteiger partial charge is 0.464 e. The number of aliphatic hydroxyl groups is 1. The number of nitrogens with one attached hydrogen (secondary N) is 1. The zero-order chi connectivity index (χ0) is 22.5. The summed E-state index contributed by atoms with van der Waals surface area (Å²) in [5.74, 6) is 7.14. The van der Waals surface area contributed by atoms with Crippen LogP contribution in [0, 0.1) is 11.3 Å². The first kappa shape index (κ1) is 24.7. The highest BCUT2D eigenvalue weighted by Gasteiger charge is 2.22. The lowest BCUT2D eigenvalue weighted by atomic mass is 9.95. The summed E-state index contributed by atoms with van der Waals surface area (Å²) in [6, 6.07) is 0. The van der Waals surface area contributed by atoms with Crippen molar-refractivity contribution in [3.05, 3.63) is 88.3 Å². The molecule has 2 rings (SSSR count). The van der Waals surface area contributed by atoms with Gasteiger partial charge in [0.25, 0.3) is 0 Å². The van der Waals surface area contributed by atoms with Crippen molar-refractivity contribution in [3.63, 3.8) is 0 Å². The molecule has 7 heteroatoms. The zero-order valence-corrected chi connectivity index (χ0v) is 19.2. The van der Waals surface area contributed by atoms with Gasteiger partial charge in [-0.3, -0.25) is 0 Å². The summed E-state index contributed by atoms with van der Waals surface area (Å²) in [7, 11) is 0. The molecule has 1 saturated carbocycles. The lowest BCUT2D eigenvalue weighted by molar-refractivity contribution is 0.231. The van der Waals surface area contributed by atoms with E-state index in [4.69, 9.17) is 21.7 Å². The van der Waals surface area contributed by atoms with Gasteiger partial charge in [-0.1, -0.05) is 18.2 Å². The second-order valence-electron chi connectivity index (χ2n) is 7.36. The van der Waals surface area contributed by atoms with Gasteiger partial charge in [0.15, 0.2) is 0 Å². The summed E-state index contributed by atoms with van der Waals surface area (Å²) in [6.07, 6.45) is 22.2. The number of hydrogen-bond acceptors (Lipinski definition) is 6. The van der Waals surface area contributed by atoms with Crippen LogP contribution in [0.5, 0.6) is 0 Å². The van der Waals surface area contributed by atoms with Crippen molar-refractivity contribution in [2.45, 2.75) is 38.2 Å². The zero-order valence-electron chi connectivity index (χ0n) is 17.6. The number of nitrogens with zero attached hydrogens (tertiary/aromatic N) is 1. The van der Waals surface area contributed by atoms with Crippen LogP contribution in [-0.2, 0) is 4.74 Å². The van der Waals surface area contributed by atoms with Gasteiger partial charge in [0.2, 0.25) is 0 Å². The average Bonchev–Trinajstić information content (AvgIpc) is 3.55. The van der Waals surface area contributed by atoms with Crippen molar-refractivity contribution >= 4 is 22.1 Å². The monoisotopic (exact) mass is 486 g/mol. The number of ether oxygens (including phenoxy) is 1. The van der Waals surface area contributed by atoms with E-state index in [0.29, 0.717) is 41.0 Å². The maximum Gasteiger partial charge on any atom is 0.142 e. The van der Waals surface area contributed by atoms with Crippen LogP contribution in [0.3, 0.4) is 0 Å². The Morgan fingerprint density at radius 2 is 2.23 bits per heavy atom. The minimum atomic E-state index is -0.823. The standard InChI is InChI=1S/C24H31BrN4O2/c25-22(16-27)23(11-7-15-29(28)17-19-12-13-19)31-18-21(10-6-14-26)24(30)20-8-4-2-1-3-5-9-20/h1-2,4-5,7,9,11,14-16,18-19,24,26,30H,6,8,10,12-13,17,27-28H2/b4-2-,15-7+,20-9+,21-18-,22-16-,23-11+,26-14?. The summed E-state index contributed by atoms with van der Waals surface area (Å²) >= 11 is 3.40. The van der Waals surface area contributed by atoms with Crippen LogP contribution in [0.1, 0.15) is 32.1 Å². The Labute approximate surface area is 192 Å². The highest BCUT2D eigenvalue weighted by Crippen LogP contribution is 2.29. The molecule has 0 aliphatic heterocycles. The fraction of sp³-hybridized carbons (Fsp3) is 0.333. The Morgan fingerprint density at radius 1 is 1.42 bits per heavy atom. The molecule has 0 saturated heterocycles. The average molecular weight is 487 g/mol. The van der Waals surface area contributed by atoms with Gasteiger partial charge in [0.05, 0.1) is 16.8 Å². The Balaban J connectivity index is 2.17. The van der Waals surface area contributed by atoms with Crippen LogP contribution in [0.15, 0.2) is 88.3 Å². The van der Waals surface area contributed by atoms with E-state index in [1.165, 1.54) is 31.5 Å². The summed E-state index contributed by atoms with van der Waals surface area (Å²) < 4.78 is 6.45. The quantitative estimate of drug-likeness (QED) is 0.0812. The fourth-order valence-electron chi connectivity index (χ4n) is 2.84.